The highest BCUT2D eigenvalue weighted by atomic mass is 16.8. The van der Waals surface area contributed by atoms with Crippen LogP contribution in [0.1, 0.15) is 120 Å². The average Bonchev–Trinajstić information content (AvgIpc) is 2.45. The lowest BCUT2D eigenvalue weighted by molar-refractivity contribution is -0.378. The van der Waals surface area contributed by atoms with Gasteiger partial charge >= 0.3 is 5.97 Å². The number of aliphatic hydroxyl groups is 13. The number of hydrogen-bond donors (Lipinski definition) is 13. The molecule has 10 unspecified atom stereocenters. The summed E-state index contributed by atoms with van der Waals surface area (Å²) >= 11 is 0. The highest BCUT2D eigenvalue weighted by Gasteiger charge is 2.72. The fourth-order valence-electron chi connectivity index (χ4n) is 16.2. The summed E-state index contributed by atoms with van der Waals surface area (Å²) < 4.78 is 54.3. The van der Waals surface area contributed by atoms with Crippen molar-refractivity contribution >= 4 is 5.97 Å². The van der Waals surface area contributed by atoms with E-state index in [9.17, 15) is 71.2 Å². The van der Waals surface area contributed by atoms with Crippen LogP contribution >= 0.6 is 0 Å². The third-order valence-electron chi connectivity index (χ3n) is 20.8. The number of allylic oxidation sites excluding steroid dienone is 2. The molecule has 8 rings (SSSR count). The normalized spacial score (nSPS) is 51.1. The molecule has 4 heterocycles. The molecule has 13 N–H and O–H groups in total. The zero-order valence-electron chi connectivity index (χ0n) is 46.6. The average molecular weight is 1120 g/mol. The maximum atomic E-state index is 12.9. The van der Waals surface area contributed by atoms with E-state index in [0.717, 1.165) is 24.8 Å². The second-order valence-electron chi connectivity index (χ2n) is 25.9. The number of carbonyl (C=O) groups excluding carboxylic acids is 1. The third-order valence-corrected chi connectivity index (χ3v) is 20.8. The van der Waals surface area contributed by atoms with Gasteiger partial charge in [-0.25, -0.2) is 0 Å². The summed E-state index contributed by atoms with van der Waals surface area (Å²) in [4.78, 5) is 11.9. The van der Waals surface area contributed by atoms with Gasteiger partial charge in [0.25, 0.3) is 0 Å². The number of fused-ring (bicyclic) bond motifs is 5. The number of carbonyl (C=O) groups is 1. The van der Waals surface area contributed by atoms with E-state index in [0.29, 0.717) is 38.5 Å². The van der Waals surface area contributed by atoms with Crippen molar-refractivity contribution in [1.29, 1.82) is 0 Å². The third kappa shape index (κ3) is 11.3. The second-order valence-corrected chi connectivity index (χ2v) is 25.9. The Morgan fingerprint density at radius 2 is 1.21 bits per heavy atom. The molecule has 0 radical (unpaired) electrons. The number of aliphatic hydroxyl groups excluding tert-OH is 13. The fourth-order valence-corrected chi connectivity index (χ4v) is 16.2. The smallest absolute Gasteiger partial charge is 0.302 e. The van der Waals surface area contributed by atoms with Gasteiger partial charge in [-0.2, -0.15) is 0 Å². The Bertz CT molecular complexity index is 2060. The molecule has 78 heavy (non-hydrogen) atoms. The maximum Gasteiger partial charge on any atom is 0.302 e. The van der Waals surface area contributed by atoms with Crippen molar-refractivity contribution in [2.24, 2.45) is 45.3 Å². The molecule has 8 fully saturated rings. The quantitative estimate of drug-likeness (QED) is 0.0501. The number of hydrogen-bond acceptors (Lipinski definition) is 23. The van der Waals surface area contributed by atoms with Gasteiger partial charge in [0, 0.05) is 6.92 Å². The van der Waals surface area contributed by atoms with E-state index in [-0.39, 0.29) is 41.1 Å². The summed E-state index contributed by atoms with van der Waals surface area (Å²) in [5.41, 5.74) is -1.58. The number of rotatable bonds is 16. The summed E-state index contributed by atoms with van der Waals surface area (Å²) in [6.45, 7) is 16.5. The Labute approximate surface area is 456 Å². The molecule has 4 aliphatic heterocycles. The van der Waals surface area contributed by atoms with Crippen LogP contribution in [0.15, 0.2) is 11.6 Å². The SMILES string of the molecule is CC(=O)OC[C@H]1O[C@@H](OC2CCC3(C)C(CCC4(C)C3CC(O)C3C(C(C)(CCC=C(C)C)O[C@@H]5O[C@H](CO[C@@H]6OC[C@H](O)[C@H](O)[C@H]6O)[C@@H](O)[C@H](O)[C@H]5O)CCC34C)C2(C)C)[C@H](O[C@@H]2O[C@H](CO)[C@@H](O)[C@H](O)[C@H]2O)[C@@H](O)[C@@H]1O. The largest absolute Gasteiger partial charge is 0.463 e. The zero-order chi connectivity index (χ0) is 57.4. The molecule has 8 aliphatic rings. The fraction of sp³-hybridized carbons (Fsp3) is 0.945. The lowest BCUT2D eigenvalue weighted by Crippen LogP contribution is -2.68. The molecule has 23 heteroatoms. The van der Waals surface area contributed by atoms with Gasteiger partial charge in [0.2, 0.25) is 0 Å². The van der Waals surface area contributed by atoms with E-state index >= 15 is 0 Å². The second kappa shape index (κ2) is 23.8. The van der Waals surface area contributed by atoms with Gasteiger partial charge < -0.3 is 109 Å². The molecule has 0 aromatic heterocycles. The van der Waals surface area contributed by atoms with Gasteiger partial charge in [-0.15, -0.1) is 0 Å². The van der Waals surface area contributed by atoms with E-state index in [1.165, 1.54) is 6.92 Å². The highest BCUT2D eigenvalue weighted by molar-refractivity contribution is 5.65. The van der Waals surface area contributed by atoms with Crippen LogP contribution < -0.4 is 0 Å². The van der Waals surface area contributed by atoms with Crippen LogP contribution in [0.25, 0.3) is 0 Å². The monoisotopic (exact) mass is 1120 g/mol. The van der Waals surface area contributed by atoms with E-state index in [1.54, 1.807) is 0 Å². The van der Waals surface area contributed by atoms with Crippen LogP contribution in [-0.4, -0.2) is 233 Å². The van der Waals surface area contributed by atoms with Crippen molar-refractivity contribution in [1.82, 2.24) is 0 Å². The molecule has 0 aromatic carbocycles. The van der Waals surface area contributed by atoms with Gasteiger partial charge in [-0.1, -0.05) is 46.3 Å². The Morgan fingerprint density at radius 3 is 1.86 bits per heavy atom. The molecular weight excluding hydrogens is 1030 g/mol. The standard InChI is InChI=1S/C55H92O23/c1-24(2)11-10-15-55(9,78-49-45(69)41(65)38(62)31(74-49)23-72-47-43(67)36(60)28(59)21-71-47)26-12-17-54(8)35(26)27(58)19-33-52(6)16-14-34(51(4,5)32(52)13-18-53(33,54)7)76-50-46(42(66)39(63)30(75-50)22-70-25(3)57)77-48-44(68)40(64)37(61)29(20-56)73-48/h11,26-50,56,58-69H,10,12-23H2,1-9H3/t26?,27?,28-,29+,30+,31+,32?,33?,34?,35?,36-,37+,38+,39+,40-,41-,42-,43+,44+,45+,46+,47-,48-,49-,50-,52?,53?,54?,55?/m0/s1. The van der Waals surface area contributed by atoms with Crippen LogP contribution in [0, 0.1) is 45.3 Å². The maximum absolute atomic E-state index is 12.9. The van der Waals surface area contributed by atoms with Crippen LogP contribution in [-0.2, 0) is 47.4 Å². The molecule has 29 atom stereocenters. The summed E-state index contributed by atoms with van der Waals surface area (Å²) in [5.74, 6) is -1.11. The summed E-state index contributed by atoms with van der Waals surface area (Å²) in [7, 11) is 0. The Morgan fingerprint density at radius 1 is 0.615 bits per heavy atom. The minimum Gasteiger partial charge on any atom is -0.463 e. The van der Waals surface area contributed by atoms with E-state index < -0.39 is 171 Å². The molecule has 0 spiro atoms. The first-order valence-corrected chi connectivity index (χ1v) is 28.2. The lowest BCUT2D eigenvalue weighted by atomic mass is 9.35. The first kappa shape index (κ1) is 62.4. The molecule has 23 nitrogen and oxygen atoms in total. The van der Waals surface area contributed by atoms with Crippen molar-refractivity contribution in [2.75, 3.05) is 26.4 Å². The van der Waals surface area contributed by atoms with Gasteiger partial charge in [0.1, 0.15) is 98.2 Å². The van der Waals surface area contributed by atoms with Crippen LogP contribution in [0.3, 0.4) is 0 Å². The molecule has 4 aliphatic carbocycles. The number of esters is 1. The molecule has 4 saturated carbocycles. The summed E-state index contributed by atoms with van der Waals surface area (Å²) in [6.07, 6.45) is -23.1. The van der Waals surface area contributed by atoms with Crippen molar-refractivity contribution < 1.29 is 114 Å². The highest BCUT2D eigenvalue weighted by Crippen LogP contribution is 2.76. The molecule has 0 bridgehead atoms. The Kier molecular flexibility index (Phi) is 19.0. The molecule has 450 valence electrons. The zero-order valence-corrected chi connectivity index (χ0v) is 46.6. The number of ether oxygens (including phenoxy) is 9. The minimum atomic E-state index is -1.84. The summed E-state index contributed by atoms with van der Waals surface area (Å²) in [5, 5.41) is 142. The Balaban J connectivity index is 1.02. The van der Waals surface area contributed by atoms with Crippen molar-refractivity contribution in [3.8, 4) is 0 Å². The van der Waals surface area contributed by atoms with Crippen LogP contribution in [0.4, 0.5) is 0 Å². The first-order chi connectivity index (χ1) is 36.4. The molecule has 0 amide bonds. The lowest BCUT2D eigenvalue weighted by Gasteiger charge is -2.71. The minimum absolute atomic E-state index is 0.0260. The molecular formula is C55H92O23. The van der Waals surface area contributed by atoms with Crippen molar-refractivity contribution in [3.63, 3.8) is 0 Å². The van der Waals surface area contributed by atoms with Gasteiger partial charge in [-0.05, 0) is 124 Å². The van der Waals surface area contributed by atoms with Crippen LogP contribution in [0.5, 0.6) is 0 Å². The topological polar surface area (TPSA) is 363 Å². The van der Waals surface area contributed by atoms with E-state index in [1.807, 2.05) is 20.8 Å². The molecule has 4 saturated heterocycles. The predicted molar refractivity (Wildman–Crippen MR) is 270 cm³/mol. The van der Waals surface area contributed by atoms with E-state index in [2.05, 4.69) is 40.7 Å². The van der Waals surface area contributed by atoms with Crippen LogP contribution in [0.2, 0.25) is 0 Å². The van der Waals surface area contributed by atoms with E-state index in [4.69, 9.17) is 42.6 Å². The molecule has 0 aromatic rings. The first-order valence-electron chi connectivity index (χ1n) is 28.2. The van der Waals surface area contributed by atoms with Crippen molar-refractivity contribution in [3.05, 3.63) is 11.6 Å². The van der Waals surface area contributed by atoms with Gasteiger partial charge in [0.05, 0.1) is 37.6 Å². The Hall–Kier alpha value is -1.63. The van der Waals surface area contributed by atoms with Gasteiger partial charge in [0.15, 0.2) is 25.2 Å². The van der Waals surface area contributed by atoms with Crippen molar-refractivity contribution in [2.45, 2.75) is 255 Å². The predicted octanol–water partition coefficient (Wildman–Crippen LogP) is -0.993. The summed E-state index contributed by atoms with van der Waals surface area (Å²) in [6, 6.07) is 0. The van der Waals surface area contributed by atoms with Gasteiger partial charge in [-0.3, -0.25) is 4.79 Å².